The van der Waals surface area contributed by atoms with E-state index in [1.807, 2.05) is 6.07 Å². The third-order valence-electron chi connectivity index (χ3n) is 11.6. The lowest BCUT2D eigenvalue weighted by Crippen LogP contribution is -2.74. The molecule has 0 saturated heterocycles. The molecular weight excluding hydrogens is 663 g/mol. The van der Waals surface area contributed by atoms with Gasteiger partial charge in [-0.15, -0.1) is 0 Å². The number of allylic oxidation sites excluding steroid dienone is 4. The molecule has 6 aromatic rings. The molecule has 2 aliphatic heterocycles. The summed E-state index contributed by atoms with van der Waals surface area (Å²) in [6.45, 7) is 9.12. The van der Waals surface area contributed by atoms with E-state index in [1.165, 1.54) is 55.8 Å². The number of benzene rings is 6. The third kappa shape index (κ3) is 6.38. The molecule has 0 saturated carbocycles. The van der Waals surface area contributed by atoms with Gasteiger partial charge in [-0.2, -0.15) is 26.4 Å². The van der Waals surface area contributed by atoms with Gasteiger partial charge in [0.15, 0.2) is 5.71 Å². The van der Waals surface area contributed by atoms with Gasteiger partial charge in [-0.3, -0.25) is 0 Å². The highest BCUT2D eigenvalue weighted by molar-refractivity contribution is 7.19. The van der Waals surface area contributed by atoms with Crippen LogP contribution in [0.3, 0.4) is 0 Å². The van der Waals surface area contributed by atoms with E-state index in [0.29, 0.717) is 0 Å². The molecule has 0 bridgehead atoms. The highest BCUT2D eigenvalue weighted by atomic mass is 35.5. The van der Waals surface area contributed by atoms with Crippen LogP contribution in [0.4, 0.5) is 11.4 Å². The Kier molecular flexibility index (Phi) is 9.90. The summed E-state index contributed by atoms with van der Waals surface area (Å²) in [5, 5.41) is 0.791. The Labute approximate surface area is 321 Å². The molecule has 4 heteroatoms. The van der Waals surface area contributed by atoms with Crippen molar-refractivity contribution in [1.29, 1.82) is 0 Å². The molecular formula is C49H48BClN2. The maximum atomic E-state index is 6.27. The zero-order chi connectivity index (χ0) is 37.2. The zero-order valence-corrected chi connectivity index (χ0v) is 32.4. The quantitative estimate of drug-likeness (QED) is 0.123. The first kappa shape index (κ1) is 36.0. The van der Waals surface area contributed by atoms with Crippen LogP contribution in [-0.2, 0) is 10.8 Å². The third-order valence-corrected chi connectivity index (χ3v) is 11.9. The SMILES string of the molecule is CN1C(=CC=CC2=[N+](C)c3ccccc3C2(C)C)C(C)(C)c2cc(Cl)ccc21.c1ccc([B-](c2ccccc2)(c2ccccc2)c2ccccc2)cc1. The summed E-state index contributed by atoms with van der Waals surface area (Å²) in [7, 11) is 4.29. The first-order valence-electron chi connectivity index (χ1n) is 18.6. The average molecular weight is 711 g/mol. The minimum absolute atomic E-state index is 0.00602. The molecule has 0 spiro atoms. The van der Waals surface area contributed by atoms with E-state index >= 15 is 0 Å². The van der Waals surface area contributed by atoms with Crippen molar-refractivity contribution in [1.82, 2.24) is 0 Å². The lowest BCUT2D eigenvalue weighted by Gasteiger charge is -2.44. The van der Waals surface area contributed by atoms with Crippen molar-refractivity contribution in [2.45, 2.75) is 38.5 Å². The number of fused-ring (bicyclic) bond motifs is 2. The number of nitrogens with zero attached hydrogens (tertiary/aromatic N) is 2. The maximum Gasteiger partial charge on any atom is 0.209 e. The molecule has 2 heterocycles. The van der Waals surface area contributed by atoms with Gasteiger partial charge in [0.2, 0.25) is 5.69 Å². The number of rotatable bonds is 6. The zero-order valence-electron chi connectivity index (χ0n) is 31.7. The van der Waals surface area contributed by atoms with Crippen LogP contribution in [0.1, 0.15) is 38.8 Å². The Hall–Kier alpha value is -5.38. The van der Waals surface area contributed by atoms with Crippen molar-refractivity contribution in [2.75, 3.05) is 19.0 Å². The molecule has 0 unspecified atom stereocenters. The molecule has 0 aliphatic carbocycles. The van der Waals surface area contributed by atoms with Gasteiger partial charge >= 0.3 is 0 Å². The van der Waals surface area contributed by atoms with Crippen molar-refractivity contribution >= 4 is 56.7 Å². The molecule has 0 atom stereocenters. The van der Waals surface area contributed by atoms with Crippen LogP contribution in [0, 0.1) is 0 Å². The number of hydrogen-bond donors (Lipinski definition) is 0. The van der Waals surface area contributed by atoms with Gasteiger partial charge in [0.05, 0.1) is 5.41 Å². The number of anilines is 1. The molecule has 264 valence electrons. The van der Waals surface area contributed by atoms with Crippen molar-refractivity contribution in [2.24, 2.45) is 0 Å². The van der Waals surface area contributed by atoms with Crippen LogP contribution in [0.15, 0.2) is 188 Å². The van der Waals surface area contributed by atoms with Gasteiger partial charge in [0.25, 0.3) is 0 Å². The maximum absolute atomic E-state index is 6.27. The number of para-hydroxylation sites is 1. The second-order valence-electron chi connectivity index (χ2n) is 15.4. The molecule has 6 aromatic carbocycles. The number of likely N-dealkylation sites (N-methyl/N-ethyl adjacent to an activating group) is 1. The summed E-state index contributed by atoms with van der Waals surface area (Å²) in [5.41, 5.74) is 13.0. The number of hydrogen-bond acceptors (Lipinski definition) is 1. The van der Waals surface area contributed by atoms with Crippen LogP contribution < -0.4 is 26.8 Å². The van der Waals surface area contributed by atoms with Gasteiger partial charge in [0.1, 0.15) is 13.2 Å². The first-order chi connectivity index (χ1) is 25.6. The van der Waals surface area contributed by atoms with E-state index in [2.05, 4.69) is 227 Å². The smallest absolute Gasteiger partial charge is 0.209 e. The van der Waals surface area contributed by atoms with Crippen LogP contribution in [0.2, 0.25) is 5.02 Å². The summed E-state index contributed by atoms with van der Waals surface area (Å²) in [6.07, 6.45) is 5.48. The molecule has 2 nitrogen and oxygen atoms in total. The van der Waals surface area contributed by atoms with Crippen LogP contribution in [0.5, 0.6) is 0 Å². The molecule has 8 rings (SSSR count). The predicted octanol–water partition coefficient (Wildman–Crippen LogP) is 9.28. The molecule has 0 amide bonds. The van der Waals surface area contributed by atoms with Crippen molar-refractivity contribution in [3.05, 3.63) is 204 Å². The van der Waals surface area contributed by atoms with Crippen molar-refractivity contribution in [3.8, 4) is 0 Å². The molecule has 0 radical (unpaired) electrons. The highest BCUT2D eigenvalue weighted by Crippen LogP contribution is 2.47. The van der Waals surface area contributed by atoms with Crippen LogP contribution in [0.25, 0.3) is 0 Å². The highest BCUT2D eigenvalue weighted by Gasteiger charge is 2.43. The van der Waals surface area contributed by atoms with Gasteiger partial charge in [-0.25, -0.2) is 0 Å². The van der Waals surface area contributed by atoms with Crippen LogP contribution >= 0.6 is 11.6 Å². The molecule has 0 fully saturated rings. The Bertz CT molecular complexity index is 2140. The standard InChI is InChI=1S/C25H28ClN2.C24H20B/c1-24(2)18-10-7-8-11-20(18)27(5)22(24)12-9-13-23-25(3,4)19-16-17(26)14-15-21(19)28(23)6;1-5-13-21(14-6-1)25(22-15-7-2-8-16-22,23-17-9-3-10-18-23)24-19-11-4-12-20-24/h7-16H,1-6H3;1-20H/q+1;-1. The minimum Gasteiger partial charge on any atom is -0.347 e. The second kappa shape index (κ2) is 14.6. The Morgan fingerprint density at radius 2 is 1.02 bits per heavy atom. The van der Waals surface area contributed by atoms with Crippen LogP contribution in [-0.4, -0.2) is 30.5 Å². The molecule has 0 N–H and O–H groups in total. The fourth-order valence-electron chi connectivity index (χ4n) is 8.96. The summed E-state index contributed by atoms with van der Waals surface area (Å²) in [6, 6.07) is 58.4. The van der Waals surface area contributed by atoms with E-state index in [9.17, 15) is 0 Å². The number of halogens is 1. The van der Waals surface area contributed by atoms with E-state index < -0.39 is 6.15 Å². The topological polar surface area (TPSA) is 6.25 Å². The fourth-order valence-corrected chi connectivity index (χ4v) is 9.13. The summed E-state index contributed by atoms with van der Waals surface area (Å²) in [4.78, 5) is 2.28. The largest absolute Gasteiger partial charge is 0.347 e. The van der Waals surface area contributed by atoms with Gasteiger partial charge in [-0.05, 0) is 43.7 Å². The molecule has 2 aliphatic rings. The van der Waals surface area contributed by atoms with Gasteiger partial charge in [-0.1, -0.05) is 171 Å². The van der Waals surface area contributed by atoms with Crippen molar-refractivity contribution in [3.63, 3.8) is 0 Å². The summed E-state index contributed by atoms with van der Waals surface area (Å²) >= 11 is 6.27. The summed E-state index contributed by atoms with van der Waals surface area (Å²) < 4.78 is 2.31. The normalized spacial score (nSPS) is 16.4. The Morgan fingerprint density at radius 1 is 0.566 bits per heavy atom. The van der Waals surface area contributed by atoms with Crippen molar-refractivity contribution < 1.29 is 4.58 Å². The lowest BCUT2D eigenvalue weighted by atomic mass is 9.13. The fraction of sp³-hybridized carbons (Fsp3) is 0.163. The van der Waals surface area contributed by atoms with E-state index in [0.717, 1.165) is 5.02 Å². The Balaban J connectivity index is 0.000000165. The lowest BCUT2D eigenvalue weighted by molar-refractivity contribution is -0.401. The van der Waals surface area contributed by atoms with Gasteiger partial charge < -0.3 is 4.90 Å². The van der Waals surface area contributed by atoms with Gasteiger partial charge in [0, 0.05) is 46.6 Å². The van der Waals surface area contributed by atoms with E-state index in [-0.39, 0.29) is 10.8 Å². The minimum atomic E-state index is -1.22. The molecule has 0 aromatic heterocycles. The van der Waals surface area contributed by atoms with E-state index in [4.69, 9.17) is 11.6 Å². The summed E-state index contributed by atoms with van der Waals surface area (Å²) in [5.74, 6) is 0. The monoisotopic (exact) mass is 710 g/mol. The van der Waals surface area contributed by atoms with E-state index in [1.54, 1.807) is 0 Å². The Morgan fingerprint density at radius 3 is 1.49 bits per heavy atom. The second-order valence-corrected chi connectivity index (χ2v) is 15.8. The first-order valence-corrected chi connectivity index (χ1v) is 19.0. The molecule has 53 heavy (non-hydrogen) atoms. The predicted molar refractivity (Wildman–Crippen MR) is 230 cm³/mol. The average Bonchev–Trinajstić information content (AvgIpc) is 3.50.